The molecular formula is C5H20O4SiTi. The summed E-state index contributed by atoms with van der Waals surface area (Å²) in [5, 5.41) is 7.57. The first-order chi connectivity index (χ1) is 3.41. The summed E-state index contributed by atoms with van der Waals surface area (Å²) in [6.45, 7) is 7.58. The zero-order chi connectivity index (χ0) is 7.21. The summed E-state index contributed by atoms with van der Waals surface area (Å²) in [5.74, 6) is 0. The molecule has 0 amide bonds. The van der Waals surface area contributed by atoms with Gasteiger partial charge in [-0.05, 0) is 26.6 Å². The van der Waals surface area contributed by atoms with Crippen molar-refractivity contribution < 1.29 is 42.6 Å². The third-order valence-electron chi connectivity index (χ3n) is 0. The second kappa shape index (κ2) is 17.0. The fraction of sp³-hybridized carbons (Fsp3) is 1.00. The molecule has 0 aromatic carbocycles. The van der Waals surface area contributed by atoms with Gasteiger partial charge in [0.15, 0.2) is 8.32 Å². The molecule has 4 nitrogen and oxygen atoms in total. The minimum atomic E-state index is -1.61. The van der Waals surface area contributed by atoms with Crippen molar-refractivity contribution in [3.05, 3.63) is 0 Å². The van der Waals surface area contributed by atoms with Gasteiger partial charge < -0.3 is 20.9 Å². The predicted octanol–water partition coefficient (Wildman–Crippen LogP) is -0.840. The Hall–Kier alpha value is 0.771. The van der Waals surface area contributed by atoms with Crippen LogP contribution < -0.4 is 0 Å². The molecule has 0 aromatic heterocycles. The molecule has 0 aliphatic carbocycles. The van der Waals surface area contributed by atoms with Gasteiger partial charge in [-0.2, -0.15) is 0 Å². The van der Waals surface area contributed by atoms with Crippen LogP contribution in [-0.4, -0.2) is 35.8 Å². The number of rotatable bonds is 0. The Morgan fingerprint density at radius 3 is 1.09 bits per heavy atom. The van der Waals surface area contributed by atoms with Crippen LogP contribution in [-0.2, 0) is 21.7 Å². The molecule has 0 atom stereocenters. The van der Waals surface area contributed by atoms with Crippen LogP contribution in [0.25, 0.3) is 0 Å². The third kappa shape index (κ3) is 1390. The molecule has 0 bridgehead atoms. The summed E-state index contributed by atoms with van der Waals surface area (Å²) in [5.41, 5.74) is 0. The van der Waals surface area contributed by atoms with Crippen LogP contribution in [0.1, 0.15) is 6.92 Å². The van der Waals surface area contributed by atoms with Crippen molar-refractivity contribution in [2.45, 2.75) is 26.6 Å². The van der Waals surface area contributed by atoms with Gasteiger partial charge in [0.2, 0.25) is 0 Å². The molecule has 6 N–H and O–H groups in total. The summed E-state index contributed by atoms with van der Waals surface area (Å²) in [4.78, 5) is 8.66. The average Bonchev–Trinajstić information content (AvgIpc) is 1.27. The molecule has 0 unspecified atom stereocenters. The van der Waals surface area contributed by atoms with Crippen molar-refractivity contribution >= 4 is 8.32 Å². The van der Waals surface area contributed by atoms with Gasteiger partial charge in [0.05, 0.1) is 0 Å². The maximum atomic E-state index is 8.66. The Bertz CT molecular complexity index is 42.2. The first-order valence-corrected chi connectivity index (χ1v) is 6.19. The quantitative estimate of drug-likeness (QED) is 0.520. The summed E-state index contributed by atoms with van der Waals surface area (Å²) < 4.78 is 0. The third-order valence-corrected chi connectivity index (χ3v) is 0. The van der Waals surface area contributed by atoms with Crippen LogP contribution in [0.3, 0.4) is 0 Å². The van der Waals surface area contributed by atoms with E-state index in [1.165, 1.54) is 0 Å². The van der Waals surface area contributed by atoms with Gasteiger partial charge in [0.1, 0.15) is 0 Å². The zero-order valence-corrected chi connectivity index (χ0v) is 10.2. The molecule has 0 saturated carbocycles. The van der Waals surface area contributed by atoms with E-state index in [1.807, 2.05) is 19.6 Å². The van der Waals surface area contributed by atoms with Gasteiger partial charge >= 0.3 is 0 Å². The van der Waals surface area contributed by atoms with Gasteiger partial charge in [0, 0.05) is 28.3 Å². The molecule has 0 fully saturated rings. The predicted molar refractivity (Wildman–Crippen MR) is 45.6 cm³/mol. The topological polar surface area (TPSA) is 103 Å². The molecule has 0 radical (unpaired) electrons. The summed E-state index contributed by atoms with van der Waals surface area (Å²) in [6.07, 6.45) is 0. The van der Waals surface area contributed by atoms with Crippen LogP contribution in [0.5, 0.6) is 0 Å². The number of aliphatic hydroxyl groups excluding tert-OH is 1. The molecule has 0 aliphatic heterocycles. The maximum Gasteiger partial charge on any atom is 0.179 e. The minimum absolute atomic E-state index is 0. The van der Waals surface area contributed by atoms with E-state index in [9.17, 15) is 0 Å². The van der Waals surface area contributed by atoms with Crippen molar-refractivity contribution in [1.29, 1.82) is 0 Å². The smallest absolute Gasteiger partial charge is 0.179 e. The van der Waals surface area contributed by atoms with E-state index < -0.39 is 8.32 Å². The zero-order valence-electron chi connectivity index (χ0n) is 7.60. The first-order valence-electron chi connectivity index (χ1n) is 2.75. The molecular weight excluding hydrogens is 200 g/mol. The van der Waals surface area contributed by atoms with E-state index in [1.54, 1.807) is 6.92 Å². The van der Waals surface area contributed by atoms with Crippen LogP contribution in [0.4, 0.5) is 0 Å². The molecule has 6 heteroatoms. The first kappa shape index (κ1) is 29.8. The molecule has 0 aliphatic rings. The van der Waals surface area contributed by atoms with Gasteiger partial charge in [-0.15, -0.1) is 0 Å². The van der Waals surface area contributed by atoms with Crippen molar-refractivity contribution in [1.82, 2.24) is 0 Å². The summed E-state index contributed by atoms with van der Waals surface area (Å²) >= 11 is 0. The van der Waals surface area contributed by atoms with E-state index in [2.05, 4.69) is 0 Å². The van der Waals surface area contributed by atoms with Gasteiger partial charge in [-0.25, -0.2) is 0 Å². The van der Waals surface area contributed by atoms with Crippen molar-refractivity contribution in [3.63, 3.8) is 0 Å². The molecule has 0 saturated heterocycles. The van der Waals surface area contributed by atoms with E-state index in [0.717, 1.165) is 0 Å². The van der Waals surface area contributed by atoms with E-state index in [4.69, 9.17) is 9.90 Å². The van der Waals surface area contributed by atoms with Gasteiger partial charge in [-0.1, -0.05) is 0 Å². The van der Waals surface area contributed by atoms with Crippen molar-refractivity contribution in [3.8, 4) is 0 Å². The van der Waals surface area contributed by atoms with Crippen LogP contribution in [0.15, 0.2) is 0 Å². The fourth-order valence-corrected chi connectivity index (χ4v) is 0. The maximum absolute atomic E-state index is 8.66. The molecule has 11 heavy (non-hydrogen) atoms. The second-order valence-corrected chi connectivity index (χ2v) is 6.83. The Morgan fingerprint density at radius 2 is 1.09 bits per heavy atom. The van der Waals surface area contributed by atoms with Crippen molar-refractivity contribution in [2.75, 3.05) is 6.61 Å². The van der Waals surface area contributed by atoms with Crippen LogP contribution in [0, 0.1) is 0 Å². The number of hydrogen-bond acceptors (Lipinski definition) is 2. The SMILES string of the molecule is CCO.C[Si](C)(C)O.O.O.[Ti]. The Morgan fingerprint density at radius 1 is 1.09 bits per heavy atom. The number of hydrogen-bond donors (Lipinski definition) is 2. The average molecular weight is 220 g/mol. The van der Waals surface area contributed by atoms with E-state index >= 15 is 0 Å². The summed E-state index contributed by atoms with van der Waals surface area (Å²) in [7, 11) is -1.61. The minimum Gasteiger partial charge on any atom is -0.433 e. The number of aliphatic hydroxyl groups is 1. The summed E-state index contributed by atoms with van der Waals surface area (Å²) in [6, 6.07) is 0. The van der Waals surface area contributed by atoms with E-state index in [0.29, 0.717) is 0 Å². The van der Waals surface area contributed by atoms with E-state index in [-0.39, 0.29) is 39.3 Å². The fourth-order valence-electron chi connectivity index (χ4n) is 0. The Balaban J connectivity index is -0.0000000183. The van der Waals surface area contributed by atoms with Gasteiger partial charge in [0.25, 0.3) is 0 Å². The molecule has 0 heterocycles. The van der Waals surface area contributed by atoms with Crippen molar-refractivity contribution in [2.24, 2.45) is 0 Å². The normalized spacial score (nSPS) is 7.09. The van der Waals surface area contributed by atoms with Gasteiger partial charge in [-0.3, -0.25) is 0 Å². The van der Waals surface area contributed by atoms with Crippen LogP contribution >= 0.6 is 0 Å². The monoisotopic (exact) mass is 220 g/mol. The Kier molecular flexibility index (Phi) is 46.1. The molecule has 0 spiro atoms. The molecule has 0 aromatic rings. The van der Waals surface area contributed by atoms with Crippen LogP contribution in [0.2, 0.25) is 19.6 Å². The molecule has 72 valence electrons. The largest absolute Gasteiger partial charge is 0.433 e. The molecule has 0 rings (SSSR count). The Labute approximate surface area is 84.3 Å². The second-order valence-electron chi connectivity index (χ2n) is 2.49. The standard InChI is InChI=1S/C3H10OSi.C2H6O.2H2O.Ti/c1-5(2,3)4;1-2-3;;;/h4H,1-3H3;3H,2H2,1H3;2*1H2;.